The highest BCUT2D eigenvalue weighted by atomic mass is 35.5. The van der Waals surface area contributed by atoms with E-state index in [1.165, 1.54) is 6.92 Å². The van der Waals surface area contributed by atoms with Gasteiger partial charge in [0.15, 0.2) is 11.9 Å². The van der Waals surface area contributed by atoms with Gasteiger partial charge in [0.05, 0.1) is 10.6 Å². The molecule has 0 fully saturated rings. The second-order valence-electron chi connectivity index (χ2n) is 5.94. The Bertz CT molecular complexity index is 854. The van der Waals surface area contributed by atoms with Crippen molar-refractivity contribution in [3.8, 4) is 16.9 Å². The number of ketones is 1. The lowest BCUT2D eigenvalue weighted by molar-refractivity contribution is -0.122. The molecule has 5 nitrogen and oxygen atoms in total. The zero-order chi connectivity index (χ0) is 17.4. The Labute approximate surface area is 149 Å². The molecular weight excluding hydrogens is 351 g/mol. The molecular formula is C17H18Cl2N2O3. The molecule has 7 heteroatoms. The number of carbonyl (C=O) groups excluding carboxylic acids is 1. The first kappa shape index (κ1) is 17.1. The van der Waals surface area contributed by atoms with Crippen molar-refractivity contribution < 1.29 is 9.53 Å². The maximum absolute atomic E-state index is 12.7. The van der Waals surface area contributed by atoms with Crippen LogP contribution in [0.2, 0.25) is 10.2 Å². The molecule has 1 aromatic heterocycles. The minimum absolute atomic E-state index is 0.103. The first-order valence-electron chi connectivity index (χ1n) is 7.86. The van der Waals surface area contributed by atoms with Crippen molar-refractivity contribution in [2.24, 2.45) is 0 Å². The summed E-state index contributed by atoms with van der Waals surface area (Å²) in [6.45, 7) is 4.50. The van der Waals surface area contributed by atoms with E-state index >= 15 is 0 Å². The Morgan fingerprint density at radius 2 is 1.88 bits per heavy atom. The standard InChI is InChI=1S/C17H18Cl2N2O3/c1-10(22)11(2)24-14-9-12(5-6-13(14)18)15-16(19)20-7-3-4-8-21(20)17(15)23/h5-6,9,11H,3-4,7-8H2,1-2H3. The molecule has 3 rings (SSSR count). The average Bonchev–Trinajstić information content (AvgIpc) is 2.81. The van der Waals surface area contributed by atoms with Crippen LogP contribution in [0, 0.1) is 0 Å². The molecule has 2 aromatic rings. The number of hydrogen-bond donors (Lipinski definition) is 0. The van der Waals surface area contributed by atoms with E-state index in [-0.39, 0.29) is 11.3 Å². The van der Waals surface area contributed by atoms with Gasteiger partial charge in [0.1, 0.15) is 10.9 Å². The van der Waals surface area contributed by atoms with Gasteiger partial charge in [0, 0.05) is 13.1 Å². The number of nitrogens with zero attached hydrogens (tertiary/aromatic N) is 2. The van der Waals surface area contributed by atoms with Gasteiger partial charge in [-0.3, -0.25) is 14.3 Å². The van der Waals surface area contributed by atoms with E-state index in [0.717, 1.165) is 19.4 Å². The summed E-state index contributed by atoms with van der Waals surface area (Å²) in [5, 5.41) is 0.805. The molecule has 1 unspecified atom stereocenters. The molecule has 24 heavy (non-hydrogen) atoms. The fourth-order valence-electron chi connectivity index (χ4n) is 2.79. The number of carbonyl (C=O) groups is 1. The van der Waals surface area contributed by atoms with Crippen molar-refractivity contribution in [3.63, 3.8) is 0 Å². The maximum atomic E-state index is 12.7. The van der Waals surface area contributed by atoms with Crippen LogP contribution in [-0.2, 0) is 17.9 Å². The van der Waals surface area contributed by atoms with Crippen LogP contribution in [0.5, 0.6) is 5.75 Å². The van der Waals surface area contributed by atoms with Gasteiger partial charge in [-0.2, -0.15) is 0 Å². The highest BCUT2D eigenvalue weighted by molar-refractivity contribution is 6.33. The molecule has 0 radical (unpaired) electrons. The Hall–Kier alpha value is -1.72. The number of hydrogen-bond acceptors (Lipinski definition) is 3. The molecule has 1 aliphatic rings. The molecule has 1 aliphatic heterocycles. The summed E-state index contributed by atoms with van der Waals surface area (Å²) in [6.07, 6.45) is 1.35. The lowest BCUT2D eigenvalue weighted by Gasteiger charge is -2.17. The third-order valence-electron chi connectivity index (χ3n) is 4.26. The third-order valence-corrected chi connectivity index (χ3v) is 4.95. The van der Waals surface area contributed by atoms with Gasteiger partial charge in [-0.1, -0.05) is 29.3 Å². The Morgan fingerprint density at radius 3 is 2.50 bits per heavy atom. The van der Waals surface area contributed by atoms with Crippen molar-refractivity contribution in [1.29, 1.82) is 0 Å². The second-order valence-corrected chi connectivity index (χ2v) is 6.71. The van der Waals surface area contributed by atoms with E-state index in [1.54, 1.807) is 29.8 Å². The monoisotopic (exact) mass is 368 g/mol. The molecule has 2 heterocycles. The Balaban J connectivity index is 2.06. The van der Waals surface area contributed by atoms with E-state index in [2.05, 4.69) is 0 Å². The average molecular weight is 369 g/mol. The van der Waals surface area contributed by atoms with Gasteiger partial charge in [-0.05, 0) is 44.4 Å². The number of halogens is 2. The van der Waals surface area contributed by atoms with E-state index in [9.17, 15) is 9.59 Å². The Kier molecular flexibility index (Phi) is 4.74. The van der Waals surface area contributed by atoms with Gasteiger partial charge >= 0.3 is 0 Å². The number of fused-ring (bicyclic) bond motifs is 1. The summed E-state index contributed by atoms with van der Waals surface area (Å²) >= 11 is 12.6. The third kappa shape index (κ3) is 2.98. The van der Waals surface area contributed by atoms with Gasteiger partial charge in [0.25, 0.3) is 5.56 Å². The number of Topliss-reactive ketones (excluding diaryl/α,β-unsaturated/α-hetero) is 1. The van der Waals surface area contributed by atoms with Crippen molar-refractivity contribution in [1.82, 2.24) is 9.36 Å². The molecule has 0 spiro atoms. The summed E-state index contributed by atoms with van der Waals surface area (Å²) < 4.78 is 9.10. The highest BCUT2D eigenvalue weighted by Gasteiger charge is 2.23. The number of ether oxygens (including phenoxy) is 1. The Morgan fingerprint density at radius 1 is 1.21 bits per heavy atom. The molecule has 0 saturated carbocycles. The summed E-state index contributed by atoms with van der Waals surface area (Å²) in [7, 11) is 0. The van der Waals surface area contributed by atoms with Crippen molar-refractivity contribution in [2.75, 3.05) is 0 Å². The van der Waals surface area contributed by atoms with E-state index in [1.807, 2.05) is 4.68 Å². The van der Waals surface area contributed by atoms with Crippen LogP contribution in [0.25, 0.3) is 11.1 Å². The molecule has 0 aliphatic carbocycles. The molecule has 0 bridgehead atoms. The van der Waals surface area contributed by atoms with Crippen LogP contribution >= 0.6 is 23.2 Å². The largest absolute Gasteiger partial charge is 0.481 e. The predicted octanol–water partition coefficient (Wildman–Crippen LogP) is 3.77. The summed E-state index contributed by atoms with van der Waals surface area (Å²) in [5.74, 6) is 0.260. The topological polar surface area (TPSA) is 53.2 Å². The second kappa shape index (κ2) is 6.65. The van der Waals surface area contributed by atoms with Crippen LogP contribution in [-0.4, -0.2) is 21.3 Å². The quantitative estimate of drug-likeness (QED) is 0.824. The van der Waals surface area contributed by atoms with Gasteiger partial charge in [-0.15, -0.1) is 0 Å². The van der Waals surface area contributed by atoms with Crippen molar-refractivity contribution in [3.05, 3.63) is 38.7 Å². The molecule has 1 atom stereocenters. The van der Waals surface area contributed by atoms with Gasteiger partial charge < -0.3 is 4.74 Å². The number of aromatic nitrogens is 2. The van der Waals surface area contributed by atoms with Gasteiger partial charge in [0.2, 0.25) is 0 Å². The van der Waals surface area contributed by atoms with Gasteiger partial charge in [-0.25, -0.2) is 4.68 Å². The molecule has 128 valence electrons. The van der Waals surface area contributed by atoms with E-state index in [4.69, 9.17) is 27.9 Å². The SMILES string of the molecule is CC(=O)C(C)Oc1cc(-c2c(Cl)n3n(c2=O)CCCC3)ccc1Cl. The minimum atomic E-state index is -0.614. The summed E-state index contributed by atoms with van der Waals surface area (Å²) in [4.78, 5) is 24.1. The molecule has 0 saturated heterocycles. The maximum Gasteiger partial charge on any atom is 0.276 e. The smallest absolute Gasteiger partial charge is 0.276 e. The van der Waals surface area contributed by atoms with Crippen molar-refractivity contribution >= 4 is 29.0 Å². The normalized spacial score (nSPS) is 15.0. The zero-order valence-corrected chi connectivity index (χ0v) is 15.0. The molecule has 1 aromatic carbocycles. The highest BCUT2D eigenvalue weighted by Crippen LogP contribution is 2.34. The number of benzene rings is 1. The van der Waals surface area contributed by atoms with Crippen LogP contribution < -0.4 is 10.3 Å². The molecule has 0 amide bonds. The fraction of sp³-hybridized carbons (Fsp3) is 0.412. The van der Waals surface area contributed by atoms with Crippen LogP contribution in [0.15, 0.2) is 23.0 Å². The summed E-state index contributed by atoms with van der Waals surface area (Å²) in [5.41, 5.74) is 0.956. The van der Waals surface area contributed by atoms with Crippen LogP contribution in [0.1, 0.15) is 26.7 Å². The van der Waals surface area contributed by atoms with Crippen LogP contribution in [0.4, 0.5) is 0 Å². The van der Waals surface area contributed by atoms with E-state index < -0.39 is 6.10 Å². The fourth-order valence-corrected chi connectivity index (χ4v) is 3.32. The van der Waals surface area contributed by atoms with Crippen LogP contribution in [0.3, 0.4) is 0 Å². The lowest BCUT2D eigenvalue weighted by atomic mass is 10.1. The lowest BCUT2D eigenvalue weighted by Crippen LogP contribution is -2.27. The zero-order valence-electron chi connectivity index (χ0n) is 13.5. The minimum Gasteiger partial charge on any atom is -0.481 e. The van der Waals surface area contributed by atoms with E-state index in [0.29, 0.717) is 33.6 Å². The first-order valence-corrected chi connectivity index (χ1v) is 8.62. The summed E-state index contributed by atoms with van der Waals surface area (Å²) in [6, 6.07) is 5.05. The predicted molar refractivity (Wildman–Crippen MR) is 94.2 cm³/mol. The van der Waals surface area contributed by atoms with Crippen molar-refractivity contribution in [2.45, 2.75) is 45.9 Å². The molecule has 0 N–H and O–H groups in total. The number of rotatable bonds is 4. The first-order chi connectivity index (χ1) is 11.4.